The minimum atomic E-state index is -4.83. The molecule has 0 bridgehead atoms. The van der Waals surface area contributed by atoms with E-state index in [0.717, 1.165) is 12.1 Å². The van der Waals surface area contributed by atoms with E-state index in [1.807, 2.05) is 0 Å². The van der Waals surface area contributed by atoms with Gasteiger partial charge in [0.2, 0.25) is 5.91 Å². The van der Waals surface area contributed by atoms with Crippen molar-refractivity contribution >= 4 is 56.4 Å². The second kappa shape index (κ2) is 8.12. The molecule has 0 atom stereocenters. The number of carbonyl (C=O) groups excluding carboxylic acids is 2. The first kappa shape index (κ1) is 20.3. The summed E-state index contributed by atoms with van der Waals surface area (Å²) in [7, 11) is 0. The zero-order chi connectivity index (χ0) is 19.5. The molecule has 2 aromatic carbocycles. The number of anilines is 1. The van der Waals surface area contributed by atoms with Crippen molar-refractivity contribution < 1.29 is 30.6 Å². The van der Waals surface area contributed by atoms with Gasteiger partial charge in [-0.05, 0) is 52.3 Å². The first-order valence-electron chi connectivity index (χ1n) is 6.70. The fourth-order valence-electron chi connectivity index (χ4n) is 1.91. The van der Waals surface area contributed by atoms with E-state index in [1.165, 1.54) is 24.3 Å². The Morgan fingerprint density at radius 2 is 1.85 bits per heavy atom. The molecule has 0 saturated carbocycles. The van der Waals surface area contributed by atoms with Gasteiger partial charge < -0.3 is 18.9 Å². The third kappa shape index (κ3) is 5.24. The summed E-state index contributed by atoms with van der Waals surface area (Å²) in [5.74, 6) is -1.64. The molecule has 2 rings (SSSR count). The topological polar surface area (TPSA) is 90.7 Å². The van der Waals surface area contributed by atoms with Gasteiger partial charge in [-0.15, -0.1) is 13.2 Å². The van der Waals surface area contributed by atoms with Crippen LogP contribution in [0.5, 0.6) is 11.5 Å². The minimum Gasteiger partial charge on any atom is -0.427 e. The van der Waals surface area contributed by atoms with Crippen molar-refractivity contribution in [2.75, 3.05) is 5.32 Å². The highest BCUT2D eigenvalue weighted by molar-refractivity contribution is 14.1. The fourth-order valence-corrected chi connectivity index (χ4v) is 2.75. The summed E-state index contributed by atoms with van der Waals surface area (Å²) in [6.07, 6.45) is -4.83. The van der Waals surface area contributed by atoms with E-state index in [2.05, 4.69) is 26.0 Å². The van der Waals surface area contributed by atoms with Crippen molar-refractivity contribution in [1.29, 1.82) is 0 Å². The molecule has 6 nitrogen and oxygen atoms in total. The Labute approximate surface area is 167 Å². The van der Waals surface area contributed by atoms with Crippen molar-refractivity contribution in [1.82, 2.24) is 0 Å². The number of hydrogen-bond donors (Lipinski definition) is 2. The van der Waals surface area contributed by atoms with Crippen molar-refractivity contribution in [3.63, 3.8) is 0 Å². The highest BCUT2D eigenvalue weighted by Gasteiger charge is 2.31. The molecule has 0 aliphatic rings. The SMILES string of the molecule is NC(=O)c1ccc(OI)c(C(=O)Nc2ccc(OC(F)(F)F)cc2Br)c1. The third-order valence-electron chi connectivity index (χ3n) is 3.01. The molecule has 0 spiro atoms. The lowest BCUT2D eigenvalue weighted by Gasteiger charge is -2.13. The molecule has 0 fully saturated rings. The normalized spacial score (nSPS) is 11.0. The zero-order valence-electron chi connectivity index (χ0n) is 12.6. The lowest BCUT2D eigenvalue weighted by Crippen LogP contribution is -2.18. The Morgan fingerprint density at radius 1 is 1.15 bits per heavy atom. The molecular formula is C15H9BrF3IN2O4. The third-order valence-corrected chi connectivity index (χ3v) is 4.14. The predicted molar refractivity (Wildman–Crippen MR) is 98.4 cm³/mol. The Bertz CT molecular complexity index is 861. The number of ether oxygens (including phenoxy) is 1. The van der Waals surface area contributed by atoms with Crippen LogP contribution in [0.3, 0.4) is 0 Å². The van der Waals surface area contributed by atoms with Crippen LogP contribution in [0.2, 0.25) is 0 Å². The van der Waals surface area contributed by atoms with Crippen LogP contribution in [0.1, 0.15) is 20.7 Å². The summed E-state index contributed by atoms with van der Waals surface area (Å²) in [4.78, 5) is 23.7. The number of benzene rings is 2. The Morgan fingerprint density at radius 3 is 2.38 bits per heavy atom. The number of rotatable bonds is 5. The van der Waals surface area contributed by atoms with Gasteiger partial charge in [0, 0.05) is 10.0 Å². The van der Waals surface area contributed by atoms with E-state index in [0.29, 0.717) is 0 Å². The second-order valence-corrected chi connectivity index (χ2v) is 6.09. The largest absolute Gasteiger partial charge is 0.573 e. The maximum atomic E-state index is 12.5. The van der Waals surface area contributed by atoms with E-state index in [9.17, 15) is 22.8 Å². The van der Waals surface area contributed by atoms with Crippen LogP contribution in [-0.4, -0.2) is 18.2 Å². The smallest absolute Gasteiger partial charge is 0.427 e. The number of nitrogens with two attached hydrogens (primary N) is 1. The lowest BCUT2D eigenvalue weighted by atomic mass is 10.1. The Kier molecular flexibility index (Phi) is 6.34. The van der Waals surface area contributed by atoms with Gasteiger partial charge in [0.25, 0.3) is 5.91 Å². The van der Waals surface area contributed by atoms with Gasteiger partial charge in [-0.1, -0.05) is 0 Å². The monoisotopic (exact) mass is 544 g/mol. The van der Waals surface area contributed by atoms with Gasteiger partial charge in [0.05, 0.1) is 11.3 Å². The van der Waals surface area contributed by atoms with Crippen LogP contribution < -0.4 is 18.9 Å². The molecule has 0 aromatic heterocycles. The van der Waals surface area contributed by atoms with E-state index >= 15 is 0 Å². The van der Waals surface area contributed by atoms with Crippen molar-refractivity contribution in [3.8, 4) is 11.5 Å². The number of halogens is 5. The van der Waals surface area contributed by atoms with Gasteiger partial charge in [-0.3, -0.25) is 9.59 Å². The fraction of sp³-hybridized carbons (Fsp3) is 0.0667. The van der Waals surface area contributed by atoms with Crippen LogP contribution in [-0.2, 0) is 0 Å². The van der Waals surface area contributed by atoms with E-state index in [4.69, 9.17) is 8.80 Å². The number of primary amides is 1. The quantitative estimate of drug-likeness (QED) is 0.545. The highest BCUT2D eigenvalue weighted by atomic mass is 127. The molecule has 0 unspecified atom stereocenters. The summed E-state index contributed by atoms with van der Waals surface area (Å²) in [6.45, 7) is 0. The zero-order valence-corrected chi connectivity index (χ0v) is 16.3. The van der Waals surface area contributed by atoms with Crippen molar-refractivity contribution in [3.05, 3.63) is 52.0 Å². The van der Waals surface area contributed by atoms with Crippen LogP contribution in [0.25, 0.3) is 0 Å². The van der Waals surface area contributed by atoms with Gasteiger partial charge in [-0.25, -0.2) is 0 Å². The first-order valence-corrected chi connectivity index (χ1v) is 8.37. The summed E-state index contributed by atoms with van der Waals surface area (Å²) in [5, 5.41) is 2.50. The first-order chi connectivity index (χ1) is 12.1. The minimum absolute atomic E-state index is 0.0261. The van der Waals surface area contributed by atoms with E-state index in [-0.39, 0.29) is 27.0 Å². The molecular weight excluding hydrogens is 536 g/mol. The molecule has 0 aliphatic heterocycles. The summed E-state index contributed by atoms with van der Waals surface area (Å²) >= 11 is 4.63. The van der Waals surface area contributed by atoms with Crippen molar-refractivity contribution in [2.45, 2.75) is 6.36 Å². The average Bonchev–Trinajstić information content (AvgIpc) is 2.55. The molecule has 3 N–H and O–H groups in total. The van der Waals surface area contributed by atoms with Crippen molar-refractivity contribution in [2.24, 2.45) is 5.73 Å². The molecule has 2 amide bonds. The maximum Gasteiger partial charge on any atom is 0.573 e. The summed E-state index contributed by atoms with van der Waals surface area (Å²) in [5.41, 5.74) is 5.50. The lowest BCUT2D eigenvalue weighted by molar-refractivity contribution is -0.274. The summed E-state index contributed by atoms with van der Waals surface area (Å²) in [6, 6.07) is 7.37. The Hall–Kier alpha value is -2.02. The standard InChI is InChI=1S/C15H9BrF3IN2O4/c16-10-6-8(25-15(17,18)19)2-3-11(10)22-14(24)9-5-7(13(21)23)1-4-12(9)26-20/h1-6H,(H2,21,23)(H,22,24). The van der Waals surface area contributed by atoms with Crippen LogP contribution in [0.15, 0.2) is 40.9 Å². The number of nitrogens with one attached hydrogen (secondary N) is 1. The van der Waals surface area contributed by atoms with E-state index < -0.39 is 23.9 Å². The molecule has 11 heteroatoms. The van der Waals surface area contributed by atoms with Crippen LogP contribution >= 0.6 is 38.9 Å². The Balaban J connectivity index is 2.27. The predicted octanol–water partition coefficient (Wildman–Crippen LogP) is 4.43. The number of carbonyl (C=O) groups is 2. The van der Waals surface area contributed by atoms with Crippen LogP contribution in [0.4, 0.5) is 18.9 Å². The molecule has 0 heterocycles. The van der Waals surface area contributed by atoms with Crippen LogP contribution in [0, 0.1) is 0 Å². The molecule has 26 heavy (non-hydrogen) atoms. The number of amides is 2. The maximum absolute atomic E-state index is 12.5. The van der Waals surface area contributed by atoms with Gasteiger partial charge >= 0.3 is 6.36 Å². The summed E-state index contributed by atoms with van der Waals surface area (Å²) < 4.78 is 45.7. The van der Waals surface area contributed by atoms with E-state index in [1.54, 1.807) is 23.0 Å². The molecule has 138 valence electrons. The molecule has 0 aliphatic carbocycles. The van der Waals surface area contributed by atoms with Gasteiger partial charge in [0.1, 0.15) is 11.5 Å². The second-order valence-electron chi connectivity index (χ2n) is 4.80. The molecule has 2 aromatic rings. The highest BCUT2D eigenvalue weighted by Crippen LogP contribution is 2.31. The number of alkyl halides is 3. The average molecular weight is 545 g/mol. The van der Waals surface area contributed by atoms with Gasteiger partial charge in [-0.2, -0.15) is 0 Å². The molecule has 0 radical (unpaired) electrons. The molecule has 0 saturated heterocycles. The van der Waals surface area contributed by atoms with Gasteiger partial charge in [0.15, 0.2) is 23.0 Å². The number of hydrogen-bond acceptors (Lipinski definition) is 4.